The number of amides is 2. The van der Waals surface area contributed by atoms with Crippen molar-refractivity contribution in [1.29, 1.82) is 0 Å². The molecular weight excluding hydrogens is 304 g/mol. The topological polar surface area (TPSA) is 67.2 Å². The second kappa shape index (κ2) is 6.11. The molecule has 3 rings (SSSR count). The van der Waals surface area contributed by atoms with E-state index in [-0.39, 0.29) is 17.9 Å². The van der Waals surface area contributed by atoms with E-state index in [0.29, 0.717) is 12.1 Å². The van der Waals surface area contributed by atoms with E-state index in [4.69, 9.17) is 0 Å². The summed E-state index contributed by atoms with van der Waals surface area (Å²) in [5, 5.41) is 7.24. The predicted octanol–water partition coefficient (Wildman–Crippen LogP) is 2.13. The average molecular weight is 326 g/mol. The third kappa shape index (κ3) is 2.79. The van der Waals surface area contributed by atoms with E-state index in [1.807, 2.05) is 33.0 Å². The molecule has 0 saturated heterocycles. The van der Waals surface area contributed by atoms with Gasteiger partial charge < -0.3 is 10.2 Å². The lowest BCUT2D eigenvalue weighted by molar-refractivity contribution is -0.116. The smallest absolute Gasteiger partial charge is 0.251 e. The Bertz CT molecular complexity index is 809. The Kier molecular flexibility index (Phi) is 4.13. The molecule has 6 heteroatoms. The van der Waals surface area contributed by atoms with Gasteiger partial charge in [-0.1, -0.05) is 0 Å². The SMILES string of the molecule is CC(=O)N1CCc2cc(C(=O)N[C@@H](C)c3cnn(C)c3C)ccc21. The van der Waals surface area contributed by atoms with Crippen molar-refractivity contribution in [1.82, 2.24) is 15.1 Å². The van der Waals surface area contributed by atoms with Gasteiger partial charge in [-0.25, -0.2) is 0 Å². The molecule has 126 valence electrons. The lowest BCUT2D eigenvalue weighted by Gasteiger charge is -2.16. The summed E-state index contributed by atoms with van der Waals surface area (Å²) in [6, 6.07) is 5.40. The highest BCUT2D eigenvalue weighted by Crippen LogP contribution is 2.29. The maximum atomic E-state index is 12.5. The zero-order valence-electron chi connectivity index (χ0n) is 14.5. The molecular formula is C18H22N4O2. The zero-order valence-corrected chi connectivity index (χ0v) is 14.5. The second-order valence-corrected chi connectivity index (χ2v) is 6.27. The largest absolute Gasteiger partial charge is 0.345 e. The third-order valence-electron chi connectivity index (χ3n) is 4.70. The summed E-state index contributed by atoms with van der Waals surface area (Å²) < 4.78 is 1.80. The highest BCUT2D eigenvalue weighted by molar-refractivity contribution is 5.98. The van der Waals surface area contributed by atoms with E-state index in [1.165, 1.54) is 0 Å². The van der Waals surface area contributed by atoms with Crippen molar-refractivity contribution in [2.24, 2.45) is 7.05 Å². The first kappa shape index (κ1) is 16.2. The molecule has 6 nitrogen and oxygen atoms in total. The number of nitrogens with one attached hydrogen (secondary N) is 1. The molecule has 1 aliphatic rings. The fourth-order valence-corrected chi connectivity index (χ4v) is 3.17. The van der Waals surface area contributed by atoms with Crippen molar-refractivity contribution in [2.45, 2.75) is 33.2 Å². The number of hydrogen-bond donors (Lipinski definition) is 1. The normalized spacial score (nSPS) is 14.4. The Morgan fingerprint density at radius 1 is 1.33 bits per heavy atom. The van der Waals surface area contributed by atoms with E-state index < -0.39 is 0 Å². The van der Waals surface area contributed by atoms with E-state index in [9.17, 15) is 9.59 Å². The molecule has 0 fully saturated rings. The molecule has 1 aromatic heterocycles. The molecule has 0 bridgehead atoms. The molecule has 1 aliphatic heterocycles. The second-order valence-electron chi connectivity index (χ2n) is 6.27. The van der Waals surface area contributed by atoms with Gasteiger partial charge in [-0.3, -0.25) is 14.3 Å². The lowest BCUT2D eigenvalue weighted by Crippen LogP contribution is -2.27. The zero-order chi connectivity index (χ0) is 17.4. The van der Waals surface area contributed by atoms with Gasteiger partial charge in [0.1, 0.15) is 0 Å². The quantitative estimate of drug-likeness (QED) is 0.939. The highest BCUT2D eigenvalue weighted by atomic mass is 16.2. The Labute approximate surface area is 141 Å². The molecule has 0 unspecified atom stereocenters. The van der Waals surface area contributed by atoms with Crippen molar-refractivity contribution in [3.8, 4) is 0 Å². The van der Waals surface area contributed by atoms with Crippen LogP contribution < -0.4 is 10.2 Å². The van der Waals surface area contributed by atoms with E-state index >= 15 is 0 Å². The summed E-state index contributed by atoms with van der Waals surface area (Å²) in [7, 11) is 1.88. The van der Waals surface area contributed by atoms with Gasteiger partial charge in [0.15, 0.2) is 0 Å². The number of hydrogen-bond acceptors (Lipinski definition) is 3. The van der Waals surface area contributed by atoms with Crippen LogP contribution in [0.3, 0.4) is 0 Å². The van der Waals surface area contributed by atoms with E-state index in [2.05, 4.69) is 10.4 Å². The Hall–Kier alpha value is -2.63. The van der Waals surface area contributed by atoms with Gasteiger partial charge in [-0.2, -0.15) is 5.10 Å². The van der Waals surface area contributed by atoms with Crippen LogP contribution in [0.25, 0.3) is 0 Å². The average Bonchev–Trinajstić information content (AvgIpc) is 3.11. The monoisotopic (exact) mass is 326 g/mol. The maximum absolute atomic E-state index is 12.5. The van der Waals surface area contributed by atoms with Gasteiger partial charge in [0.25, 0.3) is 5.91 Å². The van der Waals surface area contributed by atoms with Crippen LogP contribution in [0, 0.1) is 6.92 Å². The lowest BCUT2D eigenvalue weighted by atomic mass is 10.1. The van der Waals surface area contributed by atoms with Crippen LogP contribution in [-0.2, 0) is 18.3 Å². The highest BCUT2D eigenvalue weighted by Gasteiger charge is 2.23. The number of fused-ring (bicyclic) bond motifs is 1. The number of aryl methyl sites for hydroxylation is 1. The molecule has 0 saturated carbocycles. The van der Waals surface area contributed by atoms with Crippen LogP contribution in [0.15, 0.2) is 24.4 Å². The van der Waals surface area contributed by atoms with Crippen LogP contribution in [0.1, 0.15) is 47.1 Å². The summed E-state index contributed by atoms with van der Waals surface area (Å²) >= 11 is 0. The number of anilines is 1. The minimum atomic E-state index is -0.117. The first-order valence-electron chi connectivity index (χ1n) is 8.09. The van der Waals surface area contributed by atoms with Crippen molar-refractivity contribution in [3.05, 3.63) is 46.8 Å². The van der Waals surface area contributed by atoms with Gasteiger partial charge in [-0.15, -0.1) is 0 Å². The van der Waals surface area contributed by atoms with Crippen LogP contribution in [-0.4, -0.2) is 28.1 Å². The minimum Gasteiger partial charge on any atom is -0.345 e. The van der Waals surface area contributed by atoms with Crippen molar-refractivity contribution in [2.75, 3.05) is 11.4 Å². The number of nitrogens with zero attached hydrogens (tertiary/aromatic N) is 3. The van der Waals surface area contributed by atoms with Crippen LogP contribution in [0.2, 0.25) is 0 Å². The van der Waals surface area contributed by atoms with Crippen molar-refractivity contribution >= 4 is 17.5 Å². The maximum Gasteiger partial charge on any atom is 0.251 e. The van der Waals surface area contributed by atoms with Gasteiger partial charge >= 0.3 is 0 Å². The van der Waals surface area contributed by atoms with Gasteiger partial charge in [0.2, 0.25) is 5.91 Å². The minimum absolute atomic E-state index is 0.0339. The summed E-state index contributed by atoms with van der Waals surface area (Å²) in [6.07, 6.45) is 2.57. The van der Waals surface area contributed by atoms with E-state index in [0.717, 1.165) is 28.9 Å². The first-order valence-corrected chi connectivity index (χ1v) is 8.09. The molecule has 0 spiro atoms. The number of carbonyl (C=O) groups is 2. The number of carbonyl (C=O) groups excluding carboxylic acids is 2. The number of aromatic nitrogens is 2. The molecule has 1 N–H and O–H groups in total. The molecule has 2 aromatic rings. The van der Waals surface area contributed by atoms with Crippen LogP contribution in [0.4, 0.5) is 5.69 Å². The summed E-state index contributed by atoms with van der Waals surface area (Å²) in [4.78, 5) is 25.9. The van der Waals surface area contributed by atoms with Crippen molar-refractivity contribution in [3.63, 3.8) is 0 Å². The van der Waals surface area contributed by atoms with Gasteiger partial charge in [-0.05, 0) is 44.0 Å². The molecule has 1 aromatic carbocycles. The number of rotatable bonds is 3. The van der Waals surface area contributed by atoms with Gasteiger partial charge in [0.05, 0.1) is 12.2 Å². The summed E-state index contributed by atoms with van der Waals surface area (Å²) in [6.45, 7) is 6.18. The Morgan fingerprint density at radius 3 is 2.71 bits per heavy atom. The molecule has 24 heavy (non-hydrogen) atoms. The van der Waals surface area contributed by atoms with Crippen LogP contribution in [0.5, 0.6) is 0 Å². The summed E-state index contributed by atoms with van der Waals surface area (Å²) in [5.74, 6) is -0.0820. The third-order valence-corrected chi connectivity index (χ3v) is 4.70. The standard InChI is InChI=1S/C18H22N4O2/c1-11(16-10-19-21(4)12(16)2)20-18(24)15-5-6-17-14(9-15)7-8-22(17)13(3)23/h5-6,9-11H,7-8H2,1-4H3,(H,20,24)/t11-/m0/s1. The molecule has 1 atom stereocenters. The first-order chi connectivity index (χ1) is 11.4. The molecule has 2 heterocycles. The van der Waals surface area contributed by atoms with Crippen LogP contribution >= 0.6 is 0 Å². The summed E-state index contributed by atoms with van der Waals surface area (Å²) in [5.41, 5.74) is 4.62. The fraction of sp³-hybridized carbons (Fsp3) is 0.389. The Morgan fingerprint density at radius 2 is 2.08 bits per heavy atom. The fourth-order valence-electron chi connectivity index (χ4n) is 3.17. The predicted molar refractivity (Wildman–Crippen MR) is 92.0 cm³/mol. The Balaban J connectivity index is 1.77. The van der Waals surface area contributed by atoms with Crippen molar-refractivity contribution < 1.29 is 9.59 Å². The number of benzene rings is 1. The molecule has 0 radical (unpaired) electrons. The van der Waals surface area contributed by atoms with E-state index in [1.54, 1.807) is 28.8 Å². The van der Waals surface area contributed by atoms with Gasteiger partial charge in [0, 0.05) is 43.0 Å². The molecule has 0 aliphatic carbocycles. The molecule has 2 amide bonds.